The van der Waals surface area contributed by atoms with Crippen molar-refractivity contribution in [2.24, 2.45) is 0 Å². The van der Waals surface area contributed by atoms with Gasteiger partial charge >= 0.3 is 0 Å². The van der Waals surface area contributed by atoms with Gasteiger partial charge in [-0.25, -0.2) is 0 Å². The van der Waals surface area contributed by atoms with Crippen LogP contribution in [-0.4, -0.2) is 20.4 Å². The van der Waals surface area contributed by atoms with Crippen LogP contribution in [0.3, 0.4) is 0 Å². The molecule has 0 aliphatic heterocycles. The van der Waals surface area contributed by atoms with Crippen LogP contribution < -0.4 is 22.9 Å². The average Bonchev–Trinajstić information content (AvgIpc) is 2.76. The number of phenolic OH excluding ortho intramolecular Hbond substituents is 4. The van der Waals surface area contributed by atoms with Crippen molar-refractivity contribution in [3.63, 3.8) is 0 Å². The highest BCUT2D eigenvalue weighted by molar-refractivity contribution is 5.74. The Morgan fingerprint density at radius 2 is 0.531 bits per heavy atom. The smallest absolute Gasteiger partial charge is 0.139 e. The number of nitrogens with two attached hydrogens (primary N) is 4. The zero-order chi connectivity index (χ0) is 23.4. The molecule has 0 saturated carbocycles. The second-order valence-electron chi connectivity index (χ2n) is 7.09. The summed E-state index contributed by atoms with van der Waals surface area (Å²) < 4.78 is 0. The molecule has 0 saturated heterocycles. The summed E-state index contributed by atoms with van der Waals surface area (Å²) in [7, 11) is 0. The molecule has 0 bridgehead atoms. The van der Waals surface area contributed by atoms with Gasteiger partial charge in [-0.05, 0) is 70.8 Å². The van der Waals surface area contributed by atoms with Gasteiger partial charge < -0.3 is 43.4 Å². The van der Waals surface area contributed by atoms with Crippen LogP contribution >= 0.6 is 0 Å². The second kappa shape index (κ2) is 8.97. The van der Waals surface area contributed by atoms with E-state index in [0.29, 0.717) is 22.7 Å². The largest absolute Gasteiger partial charge is 0.506 e. The Hall–Kier alpha value is -4.72. The predicted molar refractivity (Wildman–Crippen MR) is 128 cm³/mol. The molecule has 164 valence electrons. The van der Waals surface area contributed by atoms with E-state index in [1.54, 1.807) is 72.8 Å². The van der Waals surface area contributed by atoms with E-state index in [2.05, 4.69) is 0 Å². The molecule has 0 atom stereocenters. The maximum absolute atomic E-state index is 9.47. The summed E-state index contributed by atoms with van der Waals surface area (Å²) in [5.74, 6) is 0.0882. The Labute approximate surface area is 184 Å². The standard InChI is InChI=1S/2C12H12N2O2/c2*13-9-3-1-7(5-11(9)15)8-2-4-10(14)12(16)6-8/h2*1-6,15-16H,13-14H2. The SMILES string of the molecule is Nc1ccc(-c2ccc(N)c(O)c2)cc1O.Nc1ccc(-c2ccc(N)c(O)c2)cc1O. The number of hydrogen-bond acceptors (Lipinski definition) is 8. The van der Waals surface area contributed by atoms with E-state index in [9.17, 15) is 20.4 Å². The number of hydrogen-bond donors (Lipinski definition) is 8. The molecule has 4 aromatic carbocycles. The molecule has 0 amide bonds. The van der Waals surface area contributed by atoms with Crippen LogP contribution in [0.2, 0.25) is 0 Å². The topological polar surface area (TPSA) is 185 Å². The fourth-order valence-corrected chi connectivity index (χ4v) is 2.89. The van der Waals surface area contributed by atoms with Crippen molar-refractivity contribution in [1.82, 2.24) is 0 Å². The van der Waals surface area contributed by atoms with Gasteiger partial charge in [-0.1, -0.05) is 24.3 Å². The van der Waals surface area contributed by atoms with Gasteiger partial charge in [0.25, 0.3) is 0 Å². The fourth-order valence-electron chi connectivity index (χ4n) is 2.89. The molecule has 0 unspecified atom stereocenters. The van der Waals surface area contributed by atoms with Crippen LogP contribution in [0.4, 0.5) is 22.7 Å². The fraction of sp³-hybridized carbons (Fsp3) is 0. The van der Waals surface area contributed by atoms with Crippen LogP contribution in [0.15, 0.2) is 72.8 Å². The van der Waals surface area contributed by atoms with Crippen LogP contribution in [0.1, 0.15) is 0 Å². The third kappa shape index (κ3) is 4.88. The molecule has 8 heteroatoms. The van der Waals surface area contributed by atoms with Gasteiger partial charge in [-0.3, -0.25) is 0 Å². The van der Waals surface area contributed by atoms with Crippen molar-refractivity contribution >= 4 is 22.7 Å². The van der Waals surface area contributed by atoms with Crippen molar-refractivity contribution in [2.75, 3.05) is 22.9 Å². The summed E-state index contributed by atoms with van der Waals surface area (Å²) in [5.41, 5.74) is 26.4. The van der Waals surface area contributed by atoms with E-state index in [1.165, 1.54) is 0 Å². The molecule has 0 radical (unpaired) electrons. The minimum absolute atomic E-state index is 0.0221. The Bertz CT molecular complexity index is 1080. The molecule has 32 heavy (non-hydrogen) atoms. The van der Waals surface area contributed by atoms with E-state index >= 15 is 0 Å². The summed E-state index contributed by atoms with van der Waals surface area (Å²) in [6.45, 7) is 0. The van der Waals surface area contributed by atoms with Gasteiger partial charge in [-0.2, -0.15) is 0 Å². The molecule has 0 fully saturated rings. The van der Waals surface area contributed by atoms with Crippen LogP contribution in [-0.2, 0) is 0 Å². The van der Waals surface area contributed by atoms with Gasteiger partial charge in [0, 0.05) is 0 Å². The minimum Gasteiger partial charge on any atom is -0.506 e. The first-order valence-corrected chi connectivity index (χ1v) is 9.50. The lowest BCUT2D eigenvalue weighted by atomic mass is 10.0. The normalized spacial score (nSPS) is 10.2. The molecule has 12 N–H and O–H groups in total. The molecule has 4 rings (SSSR count). The summed E-state index contributed by atoms with van der Waals surface area (Å²) in [5, 5.41) is 37.9. The Morgan fingerprint density at radius 1 is 0.344 bits per heavy atom. The van der Waals surface area contributed by atoms with Gasteiger partial charge in [0.2, 0.25) is 0 Å². The van der Waals surface area contributed by atoms with E-state index in [1.807, 2.05) is 0 Å². The van der Waals surface area contributed by atoms with Crippen LogP contribution in [0.25, 0.3) is 22.3 Å². The Balaban J connectivity index is 0.000000181. The first-order chi connectivity index (χ1) is 15.2. The summed E-state index contributed by atoms with van der Waals surface area (Å²) in [4.78, 5) is 0. The van der Waals surface area contributed by atoms with Gasteiger partial charge in [0.05, 0.1) is 22.7 Å². The molecule has 0 spiro atoms. The zero-order valence-electron chi connectivity index (χ0n) is 17.0. The number of benzene rings is 4. The number of rotatable bonds is 2. The third-order valence-electron chi connectivity index (χ3n) is 4.79. The van der Waals surface area contributed by atoms with Crippen molar-refractivity contribution in [1.29, 1.82) is 0 Å². The predicted octanol–water partition coefficient (Wildman–Crippen LogP) is 3.86. The molecule has 0 aliphatic carbocycles. The quantitative estimate of drug-likeness (QED) is 0.173. The van der Waals surface area contributed by atoms with E-state index in [4.69, 9.17) is 22.9 Å². The zero-order valence-corrected chi connectivity index (χ0v) is 17.0. The van der Waals surface area contributed by atoms with Gasteiger partial charge in [-0.15, -0.1) is 0 Å². The first kappa shape index (κ1) is 22.0. The highest BCUT2D eigenvalue weighted by Gasteiger charge is 2.05. The van der Waals surface area contributed by atoms with E-state index < -0.39 is 0 Å². The van der Waals surface area contributed by atoms with Gasteiger partial charge in [0.1, 0.15) is 23.0 Å². The van der Waals surface area contributed by atoms with Crippen molar-refractivity contribution in [2.45, 2.75) is 0 Å². The average molecular weight is 432 g/mol. The van der Waals surface area contributed by atoms with Crippen molar-refractivity contribution < 1.29 is 20.4 Å². The lowest BCUT2D eigenvalue weighted by Gasteiger charge is -2.06. The number of aromatic hydroxyl groups is 4. The summed E-state index contributed by atoms with van der Waals surface area (Å²) >= 11 is 0. The molecule has 0 heterocycles. The Kier molecular flexibility index (Phi) is 6.16. The maximum atomic E-state index is 9.47. The summed E-state index contributed by atoms with van der Waals surface area (Å²) in [6.07, 6.45) is 0. The first-order valence-electron chi connectivity index (χ1n) is 9.50. The molecule has 0 aliphatic rings. The van der Waals surface area contributed by atoms with Crippen molar-refractivity contribution in [3.8, 4) is 45.3 Å². The third-order valence-corrected chi connectivity index (χ3v) is 4.79. The number of anilines is 4. The summed E-state index contributed by atoms with van der Waals surface area (Å²) in [6, 6.07) is 19.7. The molecule has 8 nitrogen and oxygen atoms in total. The molecule has 4 aromatic rings. The lowest BCUT2D eigenvalue weighted by molar-refractivity contribution is 0.477. The minimum atomic E-state index is 0.0221. The van der Waals surface area contributed by atoms with Crippen LogP contribution in [0.5, 0.6) is 23.0 Å². The highest BCUT2D eigenvalue weighted by Crippen LogP contribution is 2.32. The molecular formula is C24H24N4O4. The highest BCUT2D eigenvalue weighted by atomic mass is 16.3. The van der Waals surface area contributed by atoms with E-state index in [0.717, 1.165) is 22.3 Å². The van der Waals surface area contributed by atoms with Gasteiger partial charge in [0.15, 0.2) is 0 Å². The lowest BCUT2D eigenvalue weighted by Crippen LogP contribution is -1.88. The number of nitrogen functional groups attached to an aromatic ring is 4. The van der Waals surface area contributed by atoms with E-state index in [-0.39, 0.29) is 23.0 Å². The Morgan fingerprint density at radius 3 is 0.688 bits per heavy atom. The maximum Gasteiger partial charge on any atom is 0.139 e. The number of phenols is 4. The molecule has 0 aromatic heterocycles. The van der Waals surface area contributed by atoms with Crippen LogP contribution in [0, 0.1) is 0 Å². The monoisotopic (exact) mass is 432 g/mol. The second-order valence-corrected chi connectivity index (χ2v) is 7.09. The molecular weight excluding hydrogens is 408 g/mol. The van der Waals surface area contributed by atoms with Crippen molar-refractivity contribution in [3.05, 3.63) is 72.8 Å².